The predicted molar refractivity (Wildman–Crippen MR) is 35.2 cm³/mol. The molecule has 0 unspecified atom stereocenters. The van der Waals surface area contributed by atoms with Gasteiger partial charge in [0.25, 0.3) is 0 Å². The Bertz CT molecular complexity index is 231. The Morgan fingerprint density at radius 3 is 2.70 bits per heavy atom. The second kappa shape index (κ2) is 1.76. The van der Waals surface area contributed by atoms with Crippen LogP contribution in [0, 0.1) is 0 Å². The van der Waals surface area contributed by atoms with E-state index >= 15 is 0 Å². The number of hydrogen-bond acceptors (Lipinski definition) is 3. The van der Waals surface area contributed by atoms with Gasteiger partial charge in [0, 0.05) is 11.8 Å². The van der Waals surface area contributed by atoms with Crippen LogP contribution in [0.5, 0.6) is 0 Å². The van der Waals surface area contributed by atoms with E-state index < -0.39 is 5.60 Å². The van der Waals surface area contributed by atoms with Crippen molar-refractivity contribution in [3.63, 3.8) is 0 Å². The van der Waals surface area contributed by atoms with Crippen LogP contribution in [-0.2, 0) is 5.60 Å². The number of aliphatic hydroxyl groups is 1. The first-order valence-electron chi connectivity index (χ1n) is 3.31. The normalized spacial score (nSPS) is 20.5. The third-order valence-electron chi connectivity index (χ3n) is 1.85. The fourth-order valence-corrected chi connectivity index (χ4v) is 0.973. The highest BCUT2D eigenvalue weighted by atomic mass is 16.3. The molecule has 1 aliphatic carbocycles. The molecule has 1 saturated carbocycles. The first kappa shape index (κ1) is 5.80. The Morgan fingerprint density at radius 2 is 2.20 bits per heavy atom. The Morgan fingerprint density at radius 1 is 1.40 bits per heavy atom. The van der Waals surface area contributed by atoms with Crippen molar-refractivity contribution < 1.29 is 5.11 Å². The summed E-state index contributed by atoms with van der Waals surface area (Å²) in [5, 5.41) is 16.8. The molecule has 3 heteroatoms. The molecule has 0 spiro atoms. The highest BCUT2D eigenvalue weighted by molar-refractivity contribution is 5.21. The molecule has 1 fully saturated rings. The van der Waals surface area contributed by atoms with Crippen LogP contribution in [0.4, 0.5) is 0 Å². The van der Waals surface area contributed by atoms with E-state index in [1.54, 1.807) is 18.5 Å². The number of hydrogen-bond donors (Lipinski definition) is 1. The van der Waals surface area contributed by atoms with E-state index in [9.17, 15) is 5.11 Å². The van der Waals surface area contributed by atoms with E-state index in [2.05, 4.69) is 10.2 Å². The summed E-state index contributed by atoms with van der Waals surface area (Å²) in [6, 6.07) is 1.81. The van der Waals surface area contributed by atoms with Crippen molar-refractivity contribution in [3.8, 4) is 0 Å². The van der Waals surface area contributed by atoms with Gasteiger partial charge in [-0.25, -0.2) is 0 Å². The van der Waals surface area contributed by atoms with Crippen molar-refractivity contribution in [3.05, 3.63) is 24.0 Å². The van der Waals surface area contributed by atoms with Crippen molar-refractivity contribution in [2.45, 2.75) is 18.4 Å². The first-order valence-corrected chi connectivity index (χ1v) is 3.31. The standard InChI is InChI=1S/C7H8N2O/c10-7(2-3-7)6-1-4-8-9-5-6/h1,4-5,10H,2-3H2. The van der Waals surface area contributed by atoms with Crippen molar-refractivity contribution in [2.75, 3.05) is 0 Å². The lowest BCUT2D eigenvalue weighted by atomic mass is 10.1. The number of rotatable bonds is 1. The van der Waals surface area contributed by atoms with Gasteiger partial charge in [-0.1, -0.05) is 0 Å². The van der Waals surface area contributed by atoms with Crippen LogP contribution in [0.25, 0.3) is 0 Å². The maximum absolute atomic E-state index is 9.53. The molecule has 1 N–H and O–H groups in total. The highest BCUT2D eigenvalue weighted by Gasteiger charge is 2.42. The van der Waals surface area contributed by atoms with Crippen LogP contribution in [0.1, 0.15) is 18.4 Å². The second-order valence-corrected chi connectivity index (χ2v) is 2.66. The maximum atomic E-state index is 9.53. The largest absolute Gasteiger partial charge is 0.385 e. The van der Waals surface area contributed by atoms with Crippen molar-refractivity contribution in [1.29, 1.82) is 0 Å². The van der Waals surface area contributed by atoms with E-state index in [0.29, 0.717) is 0 Å². The van der Waals surface area contributed by atoms with Gasteiger partial charge in [0.05, 0.1) is 11.8 Å². The molecule has 0 aliphatic heterocycles. The SMILES string of the molecule is OC1(c2ccnnc2)CC1. The molecule has 0 bridgehead atoms. The molecule has 10 heavy (non-hydrogen) atoms. The fraction of sp³-hybridized carbons (Fsp3) is 0.429. The topological polar surface area (TPSA) is 46.0 Å². The van der Waals surface area contributed by atoms with Gasteiger partial charge in [-0.15, -0.1) is 0 Å². The van der Waals surface area contributed by atoms with Crippen molar-refractivity contribution in [2.24, 2.45) is 0 Å². The lowest BCUT2D eigenvalue weighted by molar-refractivity contribution is 0.151. The molecule has 0 radical (unpaired) electrons. The predicted octanol–water partition coefficient (Wildman–Crippen LogP) is 0.458. The summed E-state index contributed by atoms with van der Waals surface area (Å²) in [5.41, 5.74) is 0.332. The van der Waals surface area contributed by atoms with E-state index in [4.69, 9.17) is 0 Å². The third-order valence-corrected chi connectivity index (χ3v) is 1.85. The highest BCUT2D eigenvalue weighted by Crippen LogP contribution is 2.44. The smallest absolute Gasteiger partial charge is 0.0915 e. The van der Waals surface area contributed by atoms with Gasteiger partial charge in [0.15, 0.2) is 0 Å². The van der Waals surface area contributed by atoms with Gasteiger partial charge >= 0.3 is 0 Å². The minimum Gasteiger partial charge on any atom is -0.385 e. The molecule has 1 aromatic heterocycles. The minimum atomic E-state index is -0.560. The molecular weight excluding hydrogens is 128 g/mol. The number of aromatic nitrogens is 2. The molecule has 0 aromatic carbocycles. The molecule has 0 amide bonds. The van der Waals surface area contributed by atoms with Gasteiger partial charge in [-0.3, -0.25) is 0 Å². The summed E-state index contributed by atoms with van der Waals surface area (Å²) >= 11 is 0. The van der Waals surface area contributed by atoms with Crippen molar-refractivity contribution >= 4 is 0 Å². The van der Waals surface area contributed by atoms with Crippen LogP contribution in [-0.4, -0.2) is 15.3 Å². The monoisotopic (exact) mass is 136 g/mol. The maximum Gasteiger partial charge on any atom is 0.0915 e. The average Bonchev–Trinajstić information content (AvgIpc) is 2.72. The van der Waals surface area contributed by atoms with E-state index in [1.807, 2.05) is 0 Å². The fourth-order valence-electron chi connectivity index (χ4n) is 0.973. The molecular formula is C7H8N2O. The quantitative estimate of drug-likeness (QED) is 0.610. The number of nitrogens with zero attached hydrogens (tertiary/aromatic N) is 2. The first-order chi connectivity index (χ1) is 4.81. The molecule has 2 rings (SSSR count). The summed E-state index contributed by atoms with van der Waals surface area (Å²) in [7, 11) is 0. The molecule has 52 valence electrons. The zero-order valence-corrected chi connectivity index (χ0v) is 5.49. The minimum absolute atomic E-state index is 0.560. The molecule has 3 nitrogen and oxygen atoms in total. The lowest BCUT2D eigenvalue weighted by Crippen LogP contribution is -2.04. The van der Waals surface area contributed by atoms with Crippen LogP contribution in [0.2, 0.25) is 0 Å². The summed E-state index contributed by atoms with van der Waals surface area (Å²) in [6.45, 7) is 0. The van der Waals surface area contributed by atoms with Crippen LogP contribution in [0.15, 0.2) is 18.5 Å². The summed E-state index contributed by atoms with van der Waals surface area (Å²) < 4.78 is 0. The second-order valence-electron chi connectivity index (χ2n) is 2.66. The van der Waals surface area contributed by atoms with E-state index in [-0.39, 0.29) is 0 Å². The van der Waals surface area contributed by atoms with Crippen molar-refractivity contribution in [1.82, 2.24) is 10.2 Å². The third kappa shape index (κ3) is 0.789. The van der Waals surface area contributed by atoms with E-state index in [0.717, 1.165) is 18.4 Å². The van der Waals surface area contributed by atoms with Gasteiger partial charge in [-0.05, 0) is 18.9 Å². The Labute approximate surface area is 58.7 Å². The zero-order chi connectivity index (χ0) is 7.03. The van der Waals surface area contributed by atoms with Gasteiger partial charge in [0.1, 0.15) is 0 Å². The van der Waals surface area contributed by atoms with Crippen LogP contribution >= 0.6 is 0 Å². The van der Waals surface area contributed by atoms with E-state index in [1.165, 1.54) is 0 Å². The Balaban J connectivity index is 2.35. The summed E-state index contributed by atoms with van der Waals surface area (Å²) in [4.78, 5) is 0. The van der Waals surface area contributed by atoms with Gasteiger partial charge in [0.2, 0.25) is 0 Å². The average molecular weight is 136 g/mol. The van der Waals surface area contributed by atoms with Gasteiger partial charge < -0.3 is 5.11 Å². The van der Waals surface area contributed by atoms with Crippen LogP contribution < -0.4 is 0 Å². The molecule has 0 atom stereocenters. The summed E-state index contributed by atoms with van der Waals surface area (Å²) in [6.07, 6.45) is 4.94. The molecule has 0 saturated heterocycles. The van der Waals surface area contributed by atoms with Gasteiger partial charge in [-0.2, -0.15) is 10.2 Å². The molecule has 1 aliphatic rings. The Hall–Kier alpha value is -0.960. The molecule has 1 aromatic rings. The zero-order valence-electron chi connectivity index (χ0n) is 5.49. The van der Waals surface area contributed by atoms with Crippen LogP contribution in [0.3, 0.4) is 0 Å². The lowest BCUT2D eigenvalue weighted by Gasteiger charge is -2.03. The Kier molecular flexibility index (Phi) is 1.02. The summed E-state index contributed by atoms with van der Waals surface area (Å²) in [5.74, 6) is 0. The molecule has 1 heterocycles.